The molecular formula is C11H10ClNO2S. The van der Waals surface area contributed by atoms with E-state index in [0.29, 0.717) is 10.8 Å². The second kappa shape index (κ2) is 4.89. The van der Waals surface area contributed by atoms with Gasteiger partial charge in [-0.05, 0) is 12.1 Å². The molecule has 0 aromatic heterocycles. The minimum atomic E-state index is -0.385. The van der Waals surface area contributed by atoms with E-state index >= 15 is 0 Å². The molecule has 0 N–H and O–H groups in total. The second-order valence-corrected chi connectivity index (χ2v) is 4.74. The summed E-state index contributed by atoms with van der Waals surface area (Å²) in [5, 5.41) is 1.51. The van der Waals surface area contributed by atoms with Crippen LogP contribution in [0.25, 0.3) is 0 Å². The van der Waals surface area contributed by atoms with Crippen molar-refractivity contribution in [2.24, 2.45) is 4.99 Å². The molecule has 0 bridgehead atoms. The number of hydrogen-bond donors (Lipinski definition) is 0. The van der Waals surface area contributed by atoms with E-state index in [1.807, 2.05) is 24.3 Å². The summed E-state index contributed by atoms with van der Waals surface area (Å²) in [5.41, 5.74) is 0.948. The molecule has 0 fully saturated rings. The van der Waals surface area contributed by atoms with Gasteiger partial charge in [-0.1, -0.05) is 23.7 Å². The first-order valence-corrected chi connectivity index (χ1v) is 6.11. The number of methoxy groups -OCH3 is 1. The average molecular weight is 256 g/mol. The molecule has 1 heterocycles. The summed E-state index contributed by atoms with van der Waals surface area (Å²) in [4.78, 5) is 15.6. The number of benzene rings is 1. The predicted octanol–water partition coefficient (Wildman–Crippen LogP) is 2.38. The lowest BCUT2D eigenvalue weighted by molar-refractivity contribution is -0.141. The average Bonchev–Trinajstić information content (AvgIpc) is 2.77. The monoisotopic (exact) mass is 255 g/mol. The Morgan fingerprint density at radius 3 is 3.12 bits per heavy atom. The van der Waals surface area contributed by atoms with Gasteiger partial charge in [-0.2, -0.15) is 0 Å². The van der Waals surface area contributed by atoms with Crippen molar-refractivity contribution >= 4 is 34.4 Å². The Morgan fingerprint density at radius 2 is 2.44 bits per heavy atom. The van der Waals surface area contributed by atoms with Crippen LogP contribution in [0.5, 0.6) is 0 Å². The fraction of sp³-hybridized carbons (Fsp3) is 0.273. The Labute approximate surface area is 103 Å². The summed E-state index contributed by atoms with van der Waals surface area (Å²) >= 11 is 7.44. The number of carbonyl (C=O) groups excluding carboxylic acids is 1. The molecule has 0 saturated carbocycles. The highest BCUT2D eigenvalue weighted by Gasteiger charge is 2.26. The highest BCUT2D eigenvalue weighted by molar-refractivity contribution is 8.14. The Hall–Kier alpha value is -1.00. The summed E-state index contributed by atoms with van der Waals surface area (Å²) in [7, 11) is 1.37. The molecule has 1 aliphatic rings. The van der Waals surface area contributed by atoms with Crippen molar-refractivity contribution < 1.29 is 9.53 Å². The van der Waals surface area contributed by atoms with E-state index < -0.39 is 0 Å². The summed E-state index contributed by atoms with van der Waals surface area (Å²) in [6, 6.07) is 7.06. The van der Waals surface area contributed by atoms with Crippen molar-refractivity contribution in [3.8, 4) is 0 Å². The summed E-state index contributed by atoms with van der Waals surface area (Å²) < 4.78 is 4.66. The molecule has 1 aromatic rings. The van der Waals surface area contributed by atoms with Crippen LogP contribution in [0.1, 0.15) is 5.56 Å². The lowest BCUT2D eigenvalue weighted by Gasteiger charge is -2.01. The highest BCUT2D eigenvalue weighted by Crippen LogP contribution is 2.25. The van der Waals surface area contributed by atoms with Crippen LogP contribution in [0.15, 0.2) is 29.3 Å². The van der Waals surface area contributed by atoms with Gasteiger partial charge in [0.05, 0.1) is 12.2 Å². The van der Waals surface area contributed by atoms with Crippen LogP contribution in [0.3, 0.4) is 0 Å². The zero-order valence-corrected chi connectivity index (χ0v) is 10.2. The van der Waals surface area contributed by atoms with Crippen LogP contribution in [-0.2, 0) is 9.53 Å². The molecule has 1 unspecified atom stereocenters. The smallest absolute Gasteiger partial charge is 0.331 e. The van der Waals surface area contributed by atoms with Crippen molar-refractivity contribution in [3.05, 3.63) is 34.9 Å². The molecule has 0 spiro atoms. The molecule has 0 aliphatic carbocycles. The van der Waals surface area contributed by atoms with E-state index in [0.717, 1.165) is 10.6 Å². The number of halogens is 1. The summed E-state index contributed by atoms with van der Waals surface area (Å²) in [6.45, 7) is 0. The third-order valence-electron chi connectivity index (χ3n) is 2.20. The van der Waals surface area contributed by atoms with E-state index in [4.69, 9.17) is 11.6 Å². The quantitative estimate of drug-likeness (QED) is 0.762. The number of aliphatic imine (C=N–C) groups is 1. The largest absolute Gasteiger partial charge is 0.467 e. The van der Waals surface area contributed by atoms with E-state index in [2.05, 4.69) is 9.73 Å². The third-order valence-corrected chi connectivity index (χ3v) is 3.53. The minimum absolute atomic E-state index is 0.287. The SMILES string of the molecule is COC(=O)C1CSC(c2cccc(Cl)c2)=N1. The Bertz CT molecular complexity index is 447. The van der Waals surface area contributed by atoms with Crippen LogP contribution < -0.4 is 0 Å². The standard InChI is InChI=1S/C11H10ClNO2S/c1-15-11(14)9-6-16-10(13-9)7-3-2-4-8(12)5-7/h2-5,9H,6H2,1H3. The van der Waals surface area contributed by atoms with Crippen molar-refractivity contribution in [2.75, 3.05) is 12.9 Å². The van der Waals surface area contributed by atoms with E-state index in [-0.39, 0.29) is 12.0 Å². The van der Waals surface area contributed by atoms with Gasteiger partial charge in [0.1, 0.15) is 0 Å². The molecule has 5 heteroatoms. The van der Waals surface area contributed by atoms with E-state index in [9.17, 15) is 4.79 Å². The number of nitrogens with zero attached hydrogens (tertiary/aromatic N) is 1. The fourth-order valence-corrected chi connectivity index (χ4v) is 2.62. The van der Waals surface area contributed by atoms with E-state index in [1.165, 1.54) is 7.11 Å². The summed E-state index contributed by atoms with van der Waals surface area (Å²) in [5.74, 6) is 0.346. The van der Waals surface area contributed by atoms with Crippen molar-refractivity contribution in [2.45, 2.75) is 6.04 Å². The van der Waals surface area contributed by atoms with Crippen LogP contribution in [-0.4, -0.2) is 29.9 Å². The number of carbonyl (C=O) groups is 1. The zero-order valence-electron chi connectivity index (χ0n) is 8.64. The minimum Gasteiger partial charge on any atom is -0.467 e. The van der Waals surface area contributed by atoms with Gasteiger partial charge < -0.3 is 4.74 Å². The number of esters is 1. The van der Waals surface area contributed by atoms with Gasteiger partial charge in [-0.3, -0.25) is 4.99 Å². The maximum Gasteiger partial charge on any atom is 0.331 e. The van der Waals surface area contributed by atoms with Gasteiger partial charge in [-0.25, -0.2) is 4.79 Å². The van der Waals surface area contributed by atoms with Crippen molar-refractivity contribution in [1.82, 2.24) is 0 Å². The van der Waals surface area contributed by atoms with Gasteiger partial charge in [0, 0.05) is 16.3 Å². The van der Waals surface area contributed by atoms with Gasteiger partial charge >= 0.3 is 5.97 Å². The molecule has 3 nitrogen and oxygen atoms in total. The predicted molar refractivity (Wildman–Crippen MR) is 66.3 cm³/mol. The fourth-order valence-electron chi connectivity index (χ4n) is 1.41. The molecule has 16 heavy (non-hydrogen) atoms. The number of ether oxygens (including phenoxy) is 1. The molecule has 0 radical (unpaired) electrons. The normalized spacial score (nSPS) is 19.4. The molecule has 1 aliphatic heterocycles. The summed E-state index contributed by atoms with van der Waals surface area (Å²) in [6.07, 6.45) is 0. The molecule has 84 valence electrons. The Balaban J connectivity index is 2.21. The highest BCUT2D eigenvalue weighted by atomic mass is 35.5. The topological polar surface area (TPSA) is 38.7 Å². The van der Waals surface area contributed by atoms with Crippen LogP contribution >= 0.6 is 23.4 Å². The Morgan fingerprint density at radius 1 is 1.62 bits per heavy atom. The maximum atomic E-state index is 11.3. The molecule has 0 amide bonds. The molecule has 2 rings (SSSR count). The van der Waals surface area contributed by atoms with Gasteiger partial charge in [-0.15, -0.1) is 11.8 Å². The molecule has 0 saturated heterocycles. The van der Waals surface area contributed by atoms with Gasteiger partial charge in [0.25, 0.3) is 0 Å². The molecule has 1 aromatic carbocycles. The zero-order chi connectivity index (χ0) is 11.5. The third kappa shape index (κ3) is 2.39. The van der Waals surface area contributed by atoms with Crippen LogP contribution in [0.4, 0.5) is 0 Å². The van der Waals surface area contributed by atoms with Gasteiger partial charge in [0.15, 0.2) is 6.04 Å². The number of hydrogen-bond acceptors (Lipinski definition) is 4. The lowest BCUT2D eigenvalue weighted by atomic mass is 10.2. The first-order chi connectivity index (χ1) is 7.70. The Kier molecular flexibility index (Phi) is 3.51. The first kappa shape index (κ1) is 11.5. The first-order valence-electron chi connectivity index (χ1n) is 4.75. The lowest BCUT2D eigenvalue weighted by Crippen LogP contribution is -2.19. The molecular weight excluding hydrogens is 246 g/mol. The van der Waals surface area contributed by atoms with Crippen molar-refractivity contribution in [1.29, 1.82) is 0 Å². The molecule has 1 atom stereocenters. The van der Waals surface area contributed by atoms with Crippen LogP contribution in [0, 0.1) is 0 Å². The second-order valence-electron chi connectivity index (χ2n) is 3.29. The maximum absolute atomic E-state index is 11.3. The van der Waals surface area contributed by atoms with Gasteiger partial charge in [0.2, 0.25) is 0 Å². The van der Waals surface area contributed by atoms with Crippen LogP contribution in [0.2, 0.25) is 5.02 Å². The van der Waals surface area contributed by atoms with Crippen molar-refractivity contribution in [3.63, 3.8) is 0 Å². The van der Waals surface area contributed by atoms with E-state index in [1.54, 1.807) is 11.8 Å². The number of thioether (sulfide) groups is 1. The number of rotatable bonds is 2.